The average molecular weight is 551 g/mol. The Bertz CT molecular complexity index is 1650. The van der Waals surface area contributed by atoms with Crippen LogP contribution in [0.5, 0.6) is 11.5 Å². The molecule has 0 radical (unpaired) electrons. The van der Waals surface area contributed by atoms with Gasteiger partial charge in [-0.05, 0) is 48.2 Å². The Morgan fingerprint density at radius 2 is 1.83 bits per heavy atom. The molecule has 9 heteroatoms. The zero-order chi connectivity index (χ0) is 28.5. The fraction of sp³-hybridized carbons (Fsp3) is 0.281. The van der Waals surface area contributed by atoms with Crippen LogP contribution in [0.1, 0.15) is 12.1 Å². The Morgan fingerprint density at radius 1 is 1.10 bits per heavy atom. The number of benzene rings is 2. The molecular weight excluding hydrogens is 519 g/mol. The summed E-state index contributed by atoms with van der Waals surface area (Å²) in [6.45, 7) is 5.55. The first-order chi connectivity index (χ1) is 19.9. The lowest BCUT2D eigenvalue weighted by molar-refractivity contribution is -0.130. The number of carbonyl (C=O) groups excluding carboxylic acids is 1. The lowest BCUT2D eigenvalue weighted by Gasteiger charge is -2.46. The second-order valence-electron chi connectivity index (χ2n) is 10.5. The van der Waals surface area contributed by atoms with Crippen molar-refractivity contribution < 1.29 is 13.9 Å². The lowest BCUT2D eigenvalue weighted by atomic mass is 9.92. The van der Waals surface area contributed by atoms with Gasteiger partial charge in [-0.3, -0.25) is 9.69 Å². The predicted octanol–water partition coefficient (Wildman–Crippen LogP) is 4.42. The number of hydrogen-bond acceptors (Lipinski definition) is 6. The largest absolute Gasteiger partial charge is 0.457 e. The van der Waals surface area contributed by atoms with Crippen LogP contribution in [0.25, 0.3) is 22.2 Å². The fourth-order valence-electron chi connectivity index (χ4n) is 5.70. The highest BCUT2D eigenvalue weighted by atomic mass is 19.1. The summed E-state index contributed by atoms with van der Waals surface area (Å²) in [4.78, 5) is 24.3. The molecule has 1 amide bonds. The number of anilines is 1. The summed E-state index contributed by atoms with van der Waals surface area (Å²) >= 11 is 0. The van der Waals surface area contributed by atoms with Crippen molar-refractivity contribution in [3.05, 3.63) is 79.3 Å². The number of hydrogen-bond donors (Lipinski definition) is 1. The van der Waals surface area contributed by atoms with Gasteiger partial charge in [-0.15, -0.1) is 0 Å². The number of ether oxygens (including phenoxy) is 1. The molecule has 0 aliphatic carbocycles. The molecule has 1 unspecified atom stereocenters. The maximum absolute atomic E-state index is 14.9. The molecule has 41 heavy (non-hydrogen) atoms. The van der Waals surface area contributed by atoms with Gasteiger partial charge in [0.05, 0.1) is 11.9 Å². The molecule has 4 aromatic rings. The third-order valence-electron chi connectivity index (χ3n) is 7.89. The number of aryl methyl sites for hydroxylation is 1. The summed E-state index contributed by atoms with van der Waals surface area (Å²) in [6, 6.07) is 17.2. The van der Waals surface area contributed by atoms with Gasteiger partial charge in [-0.1, -0.05) is 42.8 Å². The quantitative estimate of drug-likeness (QED) is 0.292. The molecule has 2 aromatic heterocycles. The van der Waals surface area contributed by atoms with E-state index in [0.29, 0.717) is 37.5 Å². The van der Waals surface area contributed by atoms with E-state index in [1.165, 1.54) is 17.3 Å². The number of fused-ring (bicyclic) bond motifs is 1. The number of rotatable bonds is 5. The Hall–Kier alpha value is -4.68. The van der Waals surface area contributed by atoms with Crippen LogP contribution in [-0.2, 0) is 11.8 Å². The molecule has 0 spiro atoms. The Balaban J connectivity index is 1.23. The highest BCUT2D eigenvalue weighted by Gasteiger charge is 2.39. The standard InChI is InChI=1S/C32H31FN6O2/c1-3-28(40)38-16-15-26(25(33)19-38)39-17-21(18-39)9-14-27-29(30-31(34)35-20-36-32(30)37(27)2)22-10-12-24(13-11-22)41-23-7-5-4-6-8-23/h3-8,10-13,20-21,25-26H,1,15-19H2,2H3,(H2,34,35,36)/t25-,26?/m0/s1. The molecule has 208 valence electrons. The van der Waals surface area contributed by atoms with Crippen molar-refractivity contribution in [1.29, 1.82) is 0 Å². The van der Waals surface area contributed by atoms with Crippen LogP contribution in [0.2, 0.25) is 0 Å². The second-order valence-corrected chi connectivity index (χ2v) is 10.5. The molecule has 0 saturated carbocycles. The monoisotopic (exact) mass is 550 g/mol. The predicted molar refractivity (Wildman–Crippen MR) is 157 cm³/mol. The zero-order valence-corrected chi connectivity index (χ0v) is 22.8. The van der Waals surface area contributed by atoms with Crippen LogP contribution in [0.15, 0.2) is 73.6 Å². The van der Waals surface area contributed by atoms with E-state index in [-0.39, 0.29) is 24.4 Å². The normalized spacial score (nSPS) is 19.3. The van der Waals surface area contributed by atoms with Crippen molar-refractivity contribution in [2.45, 2.75) is 18.6 Å². The Kier molecular flexibility index (Phi) is 7.16. The zero-order valence-electron chi connectivity index (χ0n) is 22.8. The summed E-state index contributed by atoms with van der Waals surface area (Å²) in [5, 5.41) is 0.757. The summed E-state index contributed by atoms with van der Waals surface area (Å²) in [6.07, 6.45) is 2.23. The molecule has 2 atom stereocenters. The number of likely N-dealkylation sites (tertiary alicyclic amines) is 2. The number of carbonyl (C=O) groups is 1. The smallest absolute Gasteiger partial charge is 0.246 e. The highest BCUT2D eigenvalue weighted by Crippen LogP contribution is 2.37. The van der Waals surface area contributed by atoms with Gasteiger partial charge in [0.25, 0.3) is 0 Å². The van der Waals surface area contributed by atoms with Crippen molar-refractivity contribution in [3.63, 3.8) is 0 Å². The molecule has 8 nitrogen and oxygen atoms in total. The van der Waals surface area contributed by atoms with Crippen molar-refractivity contribution in [2.24, 2.45) is 13.0 Å². The number of nitrogen functional groups attached to an aromatic ring is 1. The van der Waals surface area contributed by atoms with Gasteiger partial charge < -0.3 is 19.9 Å². The van der Waals surface area contributed by atoms with Crippen LogP contribution >= 0.6 is 0 Å². The van der Waals surface area contributed by atoms with Crippen LogP contribution in [0.3, 0.4) is 0 Å². The first-order valence-corrected chi connectivity index (χ1v) is 13.7. The van der Waals surface area contributed by atoms with E-state index in [4.69, 9.17) is 10.5 Å². The van der Waals surface area contributed by atoms with E-state index in [0.717, 1.165) is 33.7 Å². The molecule has 2 N–H and O–H groups in total. The van der Waals surface area contributed by atoms with E-state index in [2.05, 4.69) is 33.3 Å². The molecule has 0 bridgehead atoms. The number of amides is 1. The summed E-state index contributed by atoms with van der Waals surface area (Å²) < 4.78 is 22.8. The van der Waals surface area contributed by atoms with E-state index in [9.17, 15) is 9.18 Å². The van der Waals surface area contributed by atoms with E-state index in [1.807, 2.05) is 66.2 Å². The number of piperidine rings is 1. The number of alkyl halides is 1. The van der Waals surface area contributed by atoms with Crippen LogP contribution in [-0.4, -0.2) is 68.6 Å². The lowest BCUT2D eigenvalue weighted by Crippen LogP contribution is -2.60. The Labute approximate surface area is 238 Å². The van der Waals surface area contributed by atoms with Gasteiger partial charge >= 0.3 is 0 Å². The van der Waals surface area contributed by atoms with Crippen LogP contribution < -0.4 is 10.5 Å². The number of halogens is 1. The maximum Gasteiger partial charge on any atom is 0.246 e. The molecule has 4 heterocycles. The van der Waals surface area contributed by atoms with E-state index >= 15 is 0 Å². The van der Waals surface area contributed by atoms with Gasteiger partial charge in [-0.2, -0.15) is 0 Å². The van der Waals surface area contributed by atoms with E-state index in [1.54, 1.807) is 0 Å². The van der Waals surface area contributed by atoms with Crippen molar-refractivity contribution in [3.8, 4) is 34.5 Å². The third kappa shape index (κ3) is 5.14. The van der Waals surface area contributed by atoms with Gasteiger partial charge in [0.2, 0.25) is 5.91 Å². The fourth-order valence-corrected chi connectivity index (χ4v) is 5.70. The van der Waals surface area contributed by atoms with Crippen molar-refractivity contribution >= 4 is 22.8 Å². The molecule has 6 rings (SSSR count). The molecule has 2 saturated heterocycles. The SMILES string of the molecule is C=CC(=O)N1CCC(N2CC(C#Cc3c(-c4ccc(Oc5ccccc5)cc4)c4c(N)ncnc4n3C)C2)[C@@H](F)C1. The molecule has 2 aliphatic heterocycles. The maximum atomic E-state index is 14.9. The average Bonchev–Trinajstić information content (AvgIpc) is 3.25. The van der Waals surface area contributed by atoms with Gasteiger partial charge in [0, 0.05) is 44.2 Å². The van der Waals surface area contributed by atoms with Crippen molar-refractivity contribution in [1.82, 2.24) is 24.3 Å². The minimum atomic E-state index is -1.08. The number of para-hydroxylation sites is 1. The minimum Gasteiger partial charge on any atom is -0.457 e. The van der Waals surface area contributed by atoms with Crippen LogP contribution in [0, 0.1) is 17.8 Å². The molecular formula is C32H31FN6O2. The molecule has 2 aliphatic rings. The number of nitrogens with zero attached hydrogens (tertiary/aromatic N) is 5. The number of aromatic nitrogens is 3. The highest BCUT2D eigenvalue weighted by molar-refractivity contribution is 6.03. The summed E-state index contributed by atoms with van der Waals surface area (Å²) in [5.41, 5.74) is 9.65. The Morgan fingerprint density at radius 3 is 2.54 bits per heavy atom. The topological polar surface area (TPSA) is 89.5 Å². The second kappa shape index (κ2) is 11.1. The minimum absolute atomic E-state index is 0.110. The molecule has 2 fully saturated rings. The summed E-state index contributed by atoms with van der Waals surface area (Å²) in [5.74, 6) is 8.57. The van der Waals surface area contributed by atoms with Gasteiger partial charge in [-0.25, -0.2) is 14.4 Å². The molecule has 2 aromatic carbocycles. The first-order valence-electron chi connectivity index (χ1n) is 13.7. The number of nitrogens with two attached hydrogens (primary N) is 1. The van der Waals surface area contributed by atoms with Crippen molar-refractivity contribution in [2.75, 3.05) is 31.9 Å². The van der Waals surface area contributed by atoms with Crippen LogP contribution in [0.4, 0.5) is 10.2 Å². The van der Waals surface area contributed by atoms with E-state index < -0.39 is 6.17 Å². The van der Waals surface area contributed by atoms with Gasteiger partial charge in [0.1, 0.15) is 41.2 Å². The van der Waals surface area contributed by atoms with Gasteiger partial charge in [0.15, 0.2) is 0 Å². The first kappa shape index (κ1) is 26.5. The summed E-state index contributed by atoms with van der Waals surface area (Å²) in [7, 11) is 1.92. The third-order valence-corrected chi connectivity index (χ3v) is 7.89.